The number of hydrogen-bond acceptors (Lipinski definition) is 6. The summed E-state index contributed by atoms with van der Waals surface area (Å²) >= 11 is 4.78. The van der Waals surface area contributed by atoms with Gasteiger partial charge in [-0.1, -0.05) is 61.9 Å². The molecule has 0 bridgehead atoms. The quantitative estimate of drug-likeness (QED) is 0.237. The summed E-state index contributed by atoms with van der Waals surface area (Å²) in [7, 11) is 0. The van der Waals surface area contributed by atoms with Gasteiger partial charge in [0.25, 0.3) is 5.56 Å². The molecule has 0 saturated heterocycles. The third-order valence-corrected chi connectivity index (χ3v) is 8.29. The van der Waals surface area contributed by atoms with Gasteiger partial charge in [-0.05, 0) is 36.5 Å². The molecule has 0 radical (unpaired) electrons. The molecule has 8 nitrogen and oxygen atoms in total. The summed E-state index contributed by atoms with van der Waals surface area (Å²) in [5, 5.41) is 9.95. The highest BCUT2D eigenvalue weighted by Crippen LogP contribution is 2.38. The second-order valence-corrected chi connectivity index (χ2v) is 11.2. The van der Waals surface area contributed by atoms with Crippen LogP contribution in [0.3, 0.4) is 0 Å². The van der Waals surface area contributed by atoms with Crippen LogP contribution in [-0.4, -0.2) is 57.2 Å². The first kappa shape index (κ1) is 32.3. The first-order chi connectivity index (χ1) is 20.5. The average Bonchev–Trinajstić information content (AvgIpc) is 2.95. The Hall–Kier alpha value is -3.64. The van der Waals surface area contributed by atoms with Crippen LogP contribution in [-0.2, 0) is 16.0 Å². The number of carbonyl (C=O) groups excluding carboxylic acids is 1. The molecule has 2 aliphatic rings. The van der Waals surface area contributed by atoms with Crippen molar-refractivity contribution in [2.24, 2.45) is 0 Å². The Labute approximate surface area is 253 Å². The lowest BCUT2D eigenvalue weighted by Crippen LogP contribution is -2.44. The standard InChI is InChI=1S/C29H34N4O2S.C2HF3O2/c1-20(21-9-4-2-5-10-21)19-30-17-15-25(34)32-18-16-24-26(29(32)36)28(35)33(23-13-6-3-7-14-23)27(31-24)22-11-8-12-22;3-2(4,5)1(6)7/h2-7,9-10,13-14,20,22,29-30,36H,8,11-12,15-19H2,1H3;(H,6,7)/t20-,29?;/m1./s1. The number of nitrogens with zero attached hydrogens (tertiary/aromatic N) is 3. The molecule has 230 valence electrons. The maximum absolute atomic E-state index is 13.9. The maximum Gasteiger partial charge on any atom is 0.490 e. The molecule has 1 saturated carbocycles. The van der Waals surface area contributed by atoms with Gasteiger partial charge in [0.2, 0.25) is 5.91 Å². The summed E-state index contributed by atoms with van der Waals surface area (Å²) in [6.07, 6.45) is -0.844. The lowest BCUT2D eigenvalue weighted by Gasteiger charge is -2.35. The highest BCUT2D eigenvalue weighted by molar-refractivity contribution is 7.80. The molecule has 0 spiro atoms. The molecule has 12 heteroatoms. The van der Waals surface area contributed by atoms with Gasteiger partial charge >= 0.3 is 12.1 Å². The number of aliphatic carboxylic acids is 1. The van der Waals surface area contributed by atoms with Crippen LogP contribution in [0.25, 0.3) is 5.69 Å². The number of nitrogens with one attached hydrogen (secondary N) is 1. The smallest absolute Gasteiger partial charge is 0.475 e. The summed E-state index contributed by atoms with van der Waals surface area (Å²) in [6.45, 7) is 4.11. The molecule has 2 atom stereocenters. The Bertz CT molecular complexity index is 1460. The predicted molar refractivity (Wildman–Crippen MR) is 160 cm³/mol. The second kappa shape index (κ2) is 14.2. The van der Waals surface area contributed by atoms with E-state index in [1.807, 2.05) is 48.5 Å². The lowest BCUT2D eigenvalue weighted by atomic mass is 9.84. The number of rotatable bonds is 8. The molecule has 43 heavy (non-hydrogen) atoms. The molecular formula is C31H35F3N4O4S. The molecule has 1 aliphatic heterocycles. The number of halogens is 3. The minimum absolute atomic E-state index is 0.00856. The van der Waals surface area contributed by atoms with E-state index in [4.69, 9.17) is 27.5 Å². The fourth-order valence-corrected chi connectivity index (χ4v) is 5.64. The van der Waals surface area contributed by atoms with E-state index < -0.39 is 17.5 Å². The van der Waals surface area contributed by atoms with Crippen LogP contribution in [0.15, 0.2) is 65.5 Å². The fourth-order valence-electron chi connectivity index (χ4n) is 5.14. The number of para-hydroxylation sites is 1. The normalized spacial score (nSPS) is 17.2. The number of alkyl halides is 3. The van der Waals surface area contributed by atoms with Gasteiger partial charge in [0.05, 0.1) is 16.9 Å². The number of carboxylic acid groups (broad SMARTS) is 1. The summed E-state index contributed by atoms with van der Waals surface area (Å²) in [5.74, 6) is -1.21. The number of benzene rings is 2. The Morgan fingerprint density at radius 2 is 1.70 bits per heavy atom. The van der Waals surface area contributed by atoms with Gasteiger partial charge in [0.1, 0.15) is 11.2 Å². The summed E-state index contributed by atoms with van der Waals surface area (Å²) in [4.78, 5) is 42.6. The molecule has 2 N–H and O–H groups in total. The molecule has 2 heterocycles. The SMILES string of the molecule is C[C@H](CNCCC(=O)N1CCc2nc(C3CCC3)n(-c3ccccc3)c(=O)c2C1S)c1ccccc1.O=C(O)C(F)(F)F. The van der Waals surface area contributed by atoms with Crippen LogP contribution in [0, 0.1) is 0 Å². The van der Waals surface area contributed by atoms with Crippen molar-refractivity contribution >= 4 is 24.5 Å². The van der Waals surface area contributed by atoms with E-state index in [0.29, 0.717) is 43.3 Å². The Morgan fingerprint density at radius 3 is 2.26 bits per heavy atom. The fraction of sp³-hybridized carbons (Fsp3) is 0.419. The van der Waals surface area contributed by atoms with E-state index in [0.717, 1.165) is 36.6 Å². The van der Waals surface area contributed by atoms with Crippen LogP contribution in [0.1, 0.15) is 72.5 Å². The maximum atomic E-state index is 13.9. The zero-order chi connectivity index (χ0) is 31.1. The topological polar surface area (TPSA) is 105 Å². The monoisotopic (exact) mass is 616 g/mol. The van der Waals surface area contributed by atoms with Crippen LogP contribution in [0.5, 0.6) is 0 Å². The molecule has 1 unspecified atom stereocenters. The average molecular weight is 617 g/mol. The molecule has 1 fully saturated rings. The van der Waals surface area contributed by atoms with Gasteiger partial charge in [0.15, 0.2) is 0 Å². The first-order valence-corrected chi connectivity index (χ1v) is 14.7. The van der Waals surface area contributed by atoms with Gasteiger partial charge in [-0.3, -0.25) is 14.2 Å². The third-order valence-electron chi connectivity index (χ3n) is 7.75. The van der Waals surface area contributed by atoms with Gasteiger partial charge in [-0.15, -0.1) is 12.6 Å². The zero-order valence-electron chi connectivity index (χ0n) is 23.8. The van der Waals surface area contributed by atoms with E-state index >= 15 is 0 Å². The predicted octanol–water partition coefficient (Wildman–Crippen LogP) is 5.23. The number of carboxylic acids is 1. The molecule has 1 amide bonds. The molecule has 1 aromatic heterocycles. The number of thiol groups is 1. The minimum Gasteiger partial charge on any atom is -0.475 e. The van der Waals surface area contributed by atoms with E-state index in [2.05, 4.69) is 24.4 Å². The molecular weight excluding hydrogens is 581 g/mol. The van der Waals surface area contributed by atoms with Gasteiger partial charge < -0.3 is 15.3 Å². The van der Waals surface area contributed by atoms with Crippen LogP contribution < -0.4 is 10.9 Å². The number of hydrogen-bond donors (Lipinski definition) is 3. The van der Waals surface area contributed by atoms with Crippen molar-refractivity contribution in [1.82, 2.24) is 19.8 Å². The van der Waals surface area contributed by atoms with Crippen molar-refractivity contribution in [2.45, 2.75) is 62.4 Å². The lowest BCUT2D eigenvalue weighted by molar-refractivity contribution is -0.192. The van der Waals surface area contributed by atoms with Crippen LogP contribution >= 0.6 is 12.6 Å². The van der Waals surface area contributed by atoms with Gasteiger partial charge in [-0.2, -0.15) is 13.2 Å². The van der Waals surface area contributed by atoms with Crippen LogP contribution in [0.4, 0.5) is 13.2 Å². The van der Waals surface area contributed by atoms with Gasteiger partial charge in [0, 0.05) is 38.4 Å². The van der Waals surface area contributed by atoms with Crippen molar-refractivity contribution in [3.8, 4) is 5.69 Å². The second-order valence-electron chi connectivity index (χ2n) is 10.7. The highest BCUT2D eigenvalue weighted by Gasteiger charge is 2.38. The number of amides is 1. The van der Waals surface area contributed by atoms with Crippen molar-refractivity contribution in [3.05, 3.63) is 93.7 Å². The minimum atomic E-state index is -5.08. The molecule has 3 aromatic rings. The van der Waals surface area contributed by atoms with E-state index in [1.165, 1.54) is 12.0 Å². The first-order valence-electron chi connectivity index (χ1n) is 14.2. The Morgan fingerprint density at radius 1 is 1.09 bits per heavy atom. The highest BCUT2D eigenvalue weighted by atomic mass is 32.1. The Kier molecular flexibility index (Phi) is 10.7. The van der Waals surface area contributed by atoms with Crippen molar-refractivity contribution in [3.63, 3.8) is 0 Å². The number of aromatic nitrogens is 2. The Balaban J connectivity index is 0.000000541. The number of fused-ring (bicyclic) bond motifs is 1. The summed E-state index contributed by atoms with van der Waals surface area (Å²) in [5.41, 5.74) is 3.34. The van der Waals surface area contributed by atoms with E-state index in [9.17, 15) is 22.8 Å². The summed E-state index contributed by atoms with van der Waals surface area (Å²) in [6, 6.07) is 20.1. The molecule has 5 rings (SSSR count). The van der Waals surface area contributed by atoms with Crippen LogP contribution in [0.2, 0.25) is 0 Å². The van der Waals surface area contributed by atoms with Crippen molar-refractivity contribution in [2.75, 3.05) is 19.6 Å². The largest absolute Gasteiger partial charge is 0.490 e. The number of carbonyl (C=O) groups is 2. The van der Waals surface area contributed by atoms with E-state index in [-0.39, 0.29) is 11.5 Å². The van der Waals surface area contributed by atoms with Crippen molar-refractivity contribution in [1.29, 1.82) is 0 Å². The van der Waals surface area contributed by atoms with E-state index in [1.54, 1.807) is 9.47 Å². The van der Waals surface area contributed by atoms with Crippen molar-refractivity contribution < 1.29 is 27.9 Å². The molecule has 1 aliphatic carbocycles. The molecule has 2 aromatic carbocycles. The zero-order valence-corrected chi connectivity index (χ0v) is 24.7. The third kappa shape index (κ3) is 7.85. The summed E-state index contributed by atoms with van der Waals surface area (Å²) < 4.78 is 33.5. The van der Waals surface area contributed by atoms with Gasteiger partial charge in [-0.25, -0.2) is 9.78 Å².